The van der Waals surface area contributed by atoms with Gasteiger partial charge in [0.15, 0.2) is 0 Å². The van der Waals surface area contributed by atoms with Crippen LogP contribution in [0.4, 0.5) is 0 Å². The van der Waals surface area contributed by atoms with Crippen molar-refractivity contribution in [3.05, 3.63) is 12.2 Å². The third-order valence-electron chi connectivity index (χ3n) is 2.12. The minimum Gasteiger partial charge on any atom is -0.750 e. The van der Waals surface area contributed by atoms with E-state index in [0.717, 1.165) is 0 Å². The van der Waals surface area contributed by atoms with Gasteiger partial charge in [0, 0.05) is 12.6 Å². The maximum Gasteiger partial charge on any atom is 0.0842 e. The normalized spacial score (nSPS) is 27.0. The Morgan fingerprint density at radius 2 is 2.36 bits per heavy atom. The summed E-state index contributed by atoms with van der Waals surface area (Å²) in [5, 5.41) is 0. The first-order valence-corrected chi connectivity index (χ1v) is 5.34. The molecule has 0 aromatic heterocycles. The van der Waals surface area contributed by atoms with E-state index >= 15 is 0 Å². The molecule has 1 aliphatic rings. The van der Waals surface area contributed by atoms with E-state index in [-0.39, 0.29) is 12.1 Å². The molecule has 0 aliphatic carbocycles. The Hall–Kier alpha value is -0.560. The fraction of sp³-hybridized carbons (Fsp3) is 0.625. The second-order valence-electron chi connectivity index (χ2n) is 3.06. The highest BCUT2D eigenvalue weighted by atomic mass is 32.2. The number of allylic oxidation sites excluding steroid dienone is 1. The molecular weight excluding hydrogens is 204 g/mol. The minimum absolute atomic E-state index is 0.137. The maximum atomic E-state index is 10.1. The average Bonchev–Trinajstić information content (AvgIpc) is 2.53. The molecule has 6 heteroatoms. The van der Waals surface area contributed by atoms with Crippen molar-refractivity contribution in [1.29, 1.82) is 0 Å². The second-order valence-corrected chi connectivity index (χ2v) is 3.70. The van der Waals surface area contributed by atoms with E-state index in [4.69, 9.17) is 5.73 Å². The SMILES string of the molecule is NCCC1(CCOS(=O)[O-])C=CC=N1. The third-order valence-corrected chi connectivity index (χ3v) is 2.48. The Morgan fingerprint density at radius 1 is 1.57 bits per heavy atom. The molecule has 0 fully saturated rings. The van der Waals surface area contributed by atoms with Crippen LogP contribution >= 0.6 is 0 Å². The zero-order valence-corrected chi connectivity index (χ0v) is 8.53. The summed E-state index contributed by atoms with van der Waals surface area (Å²) >= 11 is -2.44. The summed E-state index contributed by atoms with van der Waals surface area (Å²) in [5.74, 6) is 0. The molecule has 0 amide bonds. The zero-order chi connectivity index (χ0) is 10.4. The first-order valence-electron chi connectivity index (χ1n) is 4.34. The molecule has 1 rings (SSSR count). The first-order chi connectivity index (χ1) is 6.68. The maximum absolute atomic E-state index is 10.1. The van der Waals surface area contributed by atoms with Crippen LogP contribution in [0.25, 0.3) is 0 Å². The van der Waals surface area contributed by atoms with Crippen molar-refractivity contribution in [1.82, 2.24) is 0 Å². The lowest BCUT2D eigenvalue weighted by Crippen LogP contribution is -2.27. The molecule has 0 saturated heterocycles. The van der Waals surface area contributed by atoms with E-state index in [2.05, 4.69) is 9.18 Å². The lowest BCUT2D eigenvalue weighted by Gasteiger charge is -2.23. The number of rotatable bonds is 6. The van der Waals surface area contributed by atoms with Crippen molar-refractivity contribution in [3.8, 4) is 0 Å². The monoisotopic (exact) mass is 217 g/mol. The third kappa shape index (κ3) is 3.30. The molecular formula is C8H13N2O3S-. The van der Waals surface area contributed by atoms with Gasteiger partial charge in [-0.1, -0.05) is 6.08 Å². The Morgan fingerprint density at radius 3 is 2.86 bits per heavy atom. The second kappa shape index (κ2) is 5.35. The highest BCUT2D eigenvalue weighted by Crippen LogP contribution is 2.25. The van der Waals surface area contributed by atoms with E-state index in [1.807, 2.05) is 12.2 Å². The van der Waals surface area contributed by atoms with E-state index in [1.54, 1.807) is 6.21 Å². The van der Waals surface area contributed by atoms with E-state index < -0.39 is 11.4 Å². The Labute approximate surface area is 85.5 Å². The van der Waals surface area contributed by atoms with Crippen LogP contribution < -0.4 is 5.73 Å². The molecule has 5 nitrogen and oxygen atoms in total. The summed E-state index contributed by atoms with van der Waals surface area (Å²) in [7, 11) is 0. The molecule has 0 spiro atoms. The number of hydrogen-bond donors (Lipinski definition) is 1. The highest BCUT2D eigenvalue weighted by Gasteiger charge is 2.26. The van der Waals surface area contributed by atoms with Gasteiger partial charge in [-0.3, -0.25) is 4.99 Å². The van der Waals surface area contributed by atoms with Gasteiger partial charge >= 0.3 is 0 Å². The van der Waals surface area contributed by atoms with Crippen molar-refractivity contribution in [2.75, 3.05) is 13.2 Å². The summed E-state index contributed by atoms with van der Waals surface area (Å²) in [6.07, 6.45) is 6.70. The van der Waals surface area contributed by atoms with Crippen molar-refractivity contribution in [2.45, 2.75) is 18.4 Å². The number of nitrogens with two attached hydrogens (primary N) is 1. The molecule has 0 bridgehead atoms. The van der Waals surface area contributed by atoms with Crippen LogP contribution in [0.15, 0.2) is 17.1 Å². The van der Waals surface area contributed by atoms with Gasteiger partial charge in [-0.15, -0.1) is 0 Å². The zero-order valence-electron chi connectivity index (χ0n) is 7.72. The van der Waals surface area contributed by atoms with Crippen LogP contribution in [0, 0.1) is 0 Å². The smallest absolute Gasteiger partial charge is 0.0842 e. The van der Waals surface area contributed by atoms with Crippen LogP contribution in [0.2, 0.25) is 0 Å². The molecule has 0 aromatic rings. The fourth-order valence-corrected chi connectivity index (χ4v) is 1.63. The van der Waals surface area contributed by atoms with Gasteiger partial charge in [0.25, 0.3) is 0 Å². The largest absolute Gasteiger partial charge is 0.750 e. The molecule has 1 heterocycles. The molecule has 2 atom stereocenters. The summed E-state index contributed by atoms with van der Waals surface area (Å²) < 4.78 is 24.7. The Kier molecular flexibility index (Phi) is 4.40. The van der Waals surface area contributed by atoms with Gasteiger partial charge in [0.1, 0.15) is 0 Å². The first kappa shape index (κ1) is 11.5. The molecule has 1 aliphatic heterocycles. The molecule has 80 valence electrons. The predicted molar refractivity (Wildman–Crippen MR) is 53.5 cm³/mol. The Bertz CT molecular complexity index is 253. The van der Waals surface area contributed by atoms with Gasteiger partial charge in [-0.05, 0) is 19.0 Å². The number of aliphatic imine (C=N–C) groups is 1. The molecule has 0 saturated carbocycles. The van der Waals surface area contributed by atoms with Gasteiger partial charge in [0.05, 0.1) is 23.5 Å². The standard InChI is InChI=1S/C8H14N2O3S/c9-5-3-8(2-1-6-10-8)4-7-13-14(11)12/h1-2,6H,3-5,7,9H2,(H,11,12)/p-1. The summed E-state index contributed by atoms with van der Waals surface area (Å²) in [6.45, 7) is 0.653. The van der Waals surface area contributed by atoms with Crippen molar-refractivity contribution in [2.24, 2.45) is 10.7 Å². The van der Waals surface area contributed by atoms with E-state index in [0.29, 0.717) is 19.4 Å². The van der Waals surface area contributed by atoms with E-state index in [9.17, 15) is 8.76 Å². The molecule has 0 aromatic carbocycles. The summed E-state index contributed by atoms with van der Waals surface area (Å²) in [4.78, 5) is 4.26. The van der Waals surface area contributed by atoms with Gasteiger partial charge in [-0.25, -0.2) is 4.21 Å². The van der Waals surface area contributed by atoms with Crippen LogP contribution in [-0.2, 0) is 15.5 Å². The highest BCUT2D eigenvalue weighted by molar-refractivity contribution is 7.74. The van der Waals surface area contributed by atoms with Crippen molar-refractivity contribution < 1.29 is 12.9 Å². The van der Waals surface area contributed by atoms with E-state index in [1.165, 1.54) is 0 Å². The Balaban J connectivity index is 2.41. The fourth-order valence-electron chi connectivity index (χ4n) is 1.41. The van der Waals surface area contributed by atoms with Gasteiger partial charge in [0.2, 0.25) is 0 Å². The van der Waals surface area contributed by atoms with Crippen LogP contribution in [0.3, 0.4) is 0 Å². The molecule has 2 N–H and O–H groups in total. The predicted octanol–water partition coefficient (Wildman–Crippen LogP) is -0.0846. The van der Waals surface area contributed by atoms with Crippen LogP contribution in [-0.4, -0.2) is 33.7 Å². The van der Waals surface area contributed by atoms with Crippen LogP contribution in [0.5, 0.6) is 0 Å². The van der Waals surface area contributed by atoms with Crippen molar-refractivity contribution >= 4 is 17.6 Å². The lowest BCUT2D eigenvalue weighted by atomic mass is 9.93. The minimum atomic E-state index is -2.44. The summed E-state index contributed by atoms with van der Waals surface area (Å²) in [5.41, 5.74) is 5.10. The molecule has 14 heavy (non-hydrogen) atoms. The quantitative estimate of drug-likeness (QED) is 0.630. The molecule has 2 unspecified atom stereocenters. The van der Waals surface area contributed by atoms with Gasteiger partial charge in [-0.2, -0.15) is 0 Å². The lowest BCUT2D eigenvalue weighted by molar-refractivity contribution is 0.268. The van der Waals surface area contributed by atoms with Gasteiger partial charge < -0.3 is 14.5 Å². The summed E-state index contributed by atoms with van der Waals surface area (Å²) in [6, 6.07) is 0. The van der Waals surface area contributed by atoms with Crippen LogP contribution in [0.1, 0.15) is 12.8 Å². The topological polar surface area (TPSA) is 87.7 Å². The average molecular weight is 217 g/mol. The number of hydrogen-bond acceptors (Lipinski definition) is 5. The number of nitrogens with zero attached hydrogens (tertiary/aromatic N) is 1. The van der Waals surface area contributed by atoms with Crippen molar-refractivity contribution in [3.63, 3.8) is 0 Å². The molecule has 0 radical (unpaired) electrons.